The van der Waals surface area contributed by atoms with E-state index in [2.05, 4.69) is 10.6 Å². The molecule has 1 aromatic rings. The summed E-state index contributed by atoms with van der Waals surface area (Å²) >= 11 is 0. The minimum absolute atomic E-state index is 0.0104. The third-order valence-electron chi connectivity index (χ3n) is 3.26. The van der Waals surface area contributed by atoms with Crippen LogP contribution in [0.15, 0.2) is 30.3 Å². The lowest BCUT2D eigenvalue weighted by Crippen LogP contribution is -2.44. The molecule has 1 amide bonds. The van der Waals surface area contributed by atoms with Crippen LogP contribution >= 0.6 is 0 Å². The molecule has 0 bridgehead atoms. The van der Waals surface area contributed by atoms with Crippen LogP contribution in [-0.2, 0) is 10.3 Å². The number of carbonyl (C=O) groups is 1. The molecule has 3 N–H and O–H groups in total. The zero-order valence-corrected chi connectivity index (χ0v) is 14.0. The second kappa shape index (κ2) is 8.15. The first-order chi connectivity index (χ1) is 10.3. The molecule has 1 aromatic carbocycles. The van der Waals surface area contributed by atoms with Gasteiger partial charge < -0.3 is 20.5 Å². The van der Waals surface area contributed by atoms with Gasteiger partial charge in [-0.15, -0.1) is 0 Å². The van der Waals surface area contributed by atoms with Crippen LogP contribution in [0.4, 0.5) is 4.79 Å². The van der Waals surface area contributed by atoms with E-state index in [1.54, 1.807) is 0 Å². The predicted octanol–water partition coefficient (Wildman–Crippen LogP) is 2.40. The highest BCUT2D eigenvalue weighted by atomic mass is 16.6. The number of rotatable bonds is 7. The molecule has 0 aliphatic heterocycles. The van der Waals surface area contributed by atoms with Crippen molar-refractivity contribution < 1.29 is 14.6 Å². The number of carbonyl (C=O) groups excluding carboxylic acids is 1. The number of amides is 1. The number of alkyl carbamates (subject to hydrolysis) is 1. The van der Waals surface area contributed by atoms with Gasteiger partial charge in [-0.3, -0.25) is 0 Å². The average molecular weight is 308 g/mol. The molecule has 0 radical (unpaired) electrons. The number of aliphatic hydroxyl groups excluding tert-OH is 1. The van der Waals surface area contributed by atoms with Gasteiger partial charge in [0.2, 0.25) is 0 Å². The van der Waals surface area contributed by atoms with Gasteiger partial charge in [-0.05, 0) is 46.2 Å². The average Bonchev–Trinajstić information content (AvgIpc) is 2.45. The summed E-state index contributed by atoms with van der Waals surface area (Å²) in [5.41, 5.74) is 0.0794. The van der Waals surface area contributed by atoms with E-state index in [1.807, 2.05) is 58.0 Å². The molecule has 0 spiro atoms. The van der Waals surface area contributed by atoms with Crippen LogP contribution in [0.2, 0.25) is 0 Å². The van der Waals surface area contributed by atoms with Crippen LogP contribution in [0, 0.1) is 0 Å². The van der Waals surface area contributed by atoms with E-state index in [-0.39, 0.29) is 6.61 Å². The molecule has 1 atom stereocenters. The molecule has 5 nitrogen and oxygen atoms in total. The van der Waals surface area contributed by atoms with Crippen molar-refractivity contribution in [3.63, 3.8) is 0 Å². The van der Waals surface area contributed by atoms with Crippen LogP contribution in [0.3, 0.4) is 0 Å². The Hall–Kier alpha value is -1.59. The van der Waals surface area contributed by atoms with E-state index < -0.39 is 17.2 Å². The van der Waals surface area contributed by atoms with Crippen molar-refractivity contribution in [2.24, 2.45) is 0 Å². The third kappa shape index (κ3) is 6.45. The maximum atomic E-state index is 11.5. The van der Waals surface area contributed by atoms with Crippen molar-refractivity contribution >= 4 is 6.09 Å². The molecule has 0 saturated carbocycles. The van der Waals surface area contributed by atoms with Gasteiger partial charge in [0, 0.05) is 6.54 Å². The normalized spacial score (nSPS) is 14.2. The van der Waals surface area contributed by atoms with Gasteiger partial charge in [0.1, 0.15) is 5.60 Å². The number of ether oxygens (including phenoxy) is 1. The molecule has 22 heavy (non-hydrogen) atoms. The SMILES string of the molecule is CC(C)(C)OC(=O)NCCCNC(C)(CO)c1ccccc1. The fourth-order valence-corrected chi connectivity index (χ4v) is 2.01. The molecule has 124 valence electrons. The highest BCUT2D eigenvalue weighted by Crippen LogP contribution is 2.19. The molecule has 0 aliphatic carbocycles. The third-order valence-corrected chi connectivity index (χ3v) is 3.26. The minimum Gasteiger partial charge on any atom is -0.444 e. The topological polar surface area (TPSA) is 70.6 Å². The summed E-state index contributed by atoms with van der Waals surface area (Å²) in [6.07, 6.45) is 0.349. The zero-order chi connectivity index (χ0) is 16.6. The maximum Gasteiger partial charge on any atom is 0.407 e. The smallest absolute Gasteiger partial charge is 0.407 e. The molecule has 0 saturated heterocycles. The summed E-state index contributed by atoms with van der Waals surface area (Å²) in [5, 5.41) is 15.7. The minimum atomic E-state index is -0.481. The Morgan fingerprint density at radius 3 is 2.32 bits per heavy atom. The monoisotopic (exact) mass is 308 g/mol. The second-order valence-corrected chi connectivity index (χ2v) is 6.57. The standard InChI is InChI=1S/C17H28N2O3/c1-16(2,3)22-15(21)18-11-8-12-19-17(4,13-20)14-9-6-5-7-10-14/h5-7,9-10,19-20H,8,11-13H2,1-4H3,(H,18,21). The van der Waals surface area contributed by atoms with Gasteiger partial charge in [-0.25, -0.2) is 4.79 Å². The molecule has 0 aliphatic rings. The Labute approximate surface area is 133 Å². The first-order valence-corrected chi connectivity index (χ1v) is 7.65. The lowest BCUT2D eigenvalue weighted by Gasteiger charge is -2.29. The highest BCUT2D eigenvalue weighted by molar-refractivity contribution is 5.67. The largest absolute Gasteiger partial charge is 0.444 e. The van der Waals surface area contributed by atoms with Crippen molar-refractivity contribution in [1.29, 1.82) is 0 Å². The van der Waals surface area contributed by atoms with Gasteiger partial charge in [-0.2, -0.15) is 0 Å². The maximum absolute atomic E-state index is 11.5. The summed E-state index contributed by atoms with van der Waals surface area (Å²) < 4.78 is 5.17. The quantitative estimate of drug-likeness (QED) is 0.677. The van der Waals surface area contributed by atoms with Crippen molar-refractivity contribution in [2.75, 3.05) is 19.7 Å². The Kier molecular flexibility index (Phi) is 6.84. The summed E-state index contributed by atoms with van der Waals surface area (Å²) in [6, 6.07) is 9.83. The Morgan fingerprint density at radius 2 is 1.77 bits per heavy atom. The van der Waals surface area contributed by atoms with Gasteiger partial charge in [0.05, 0.1) is 12.1 Å². The lowest BCUT2D eigenvalue weighted by molar-refractivity contribution is 0.0526. The summed E-state index contributed by atoms with van der Waals surface area (Å²) in [7, 11) is 0. The number of hydrogen-bond donors (Lipinski definition) is 3. The lowest BCUT2D eigenvalue weighted by atomic mass is 9.93. The fourth-order valence-electron chi connectivity index (χ4n) is 2.01. The van der Waals surface area contributed by atoms with E-state index in [4.69, 9.17) is 4.74 Å². The molecule has 0 aromatic heterocycles. The van der Waals surface area contributed by atoms with Crippen LogP contribution in [0.1, 0.15) is 39.7 Å². The number of hydrogen-bond acceptors (Lipinski definition) is 4. The first-order valence-electron chi connectivity index (χ1n) is 7.65. The fraction of sp³-hybridized carbons (Fsp3) is 0.588. The Bertz CT molecular complexity index is 457. The van der Waals surface area contributed by atoms with E-state index >= 15 is 0 Å². The highest BCUT2D eigenvalue weighted by Gasteiger charge is 2.24. The van der Waals surface area contributed by atoms with Crippen LogP contribution < -0.4 is 10.6 Å². The van der Waals surface area contributed by atoms with Gasteiger partial charge in [0.15, 0.2) is 0 Å². The molecule has 0 fully saturated rings. The zero-order valence-electron chi connectivity index (χ0n) is 14.0. The van der Waals surface area contributed by atoms with Crippen LogP contribution in [0.25, 0.3) is 0 Å². The Morgan fingerprint density at radius 1 is 1.14 bits per heavy atom. The predicted molar refractivity (Wildman–Crippen MR) is 87.7 cm³/mol. The molecule has 0 heterocycles. The van der Waals surface area contributed by atoms with Gasteiger partial charge >= 0.3 is 6.09 Å². The van der Waals surface area contributed by atoms with Gasteiger partial charge in [0.25, 0.3) is 0 Å². The van der Waals surface area contributed by atoms with Gasteiger partial charge in [-0.1, -0.05) is 30.3 Å². The molecule has 5 heteroatoms. The van der Waals surface area contributed by atoms with Crippen LogP contribution in [-0.4, -0.2) is 36.5 Å². The van der Waals surface area contributed by atoms with E-state index in [1.165, 1.54) is 0 Å². The number of nitrogens with one attached hydrogen (secondary N) is 2. The van der Waals surface area contributed by atoms with E-state index in [9.17, 15) is 9.90 Å². The summed E-state index contributed by atoms with van der Waals surface area (Å²) in [6.45, 7) is 8.68. The molecule has 1 rings (SSSR count). The Balaban J connectivity index is 2.32. The van der Waals surface area contributed by atoms with Crippen molar-refractivity contribution in [1.82, 2.24) is 10.6 Å². The van der Waals surface area contributed by atoms with Crippen molar-refractivity contribution in [2.45, 2.75) is 45.3 Å². The van der Waals surface area contributed by atoms with E-state index in [0.29, 0.717) is 13.1 Å². The summed E-state index contributed by atoms with van der Waals surface area (Å²) in [5.74, 6) is 0. The summed E-state index contributed by atoms with van der Waals surface area (Å²) in [4.78, 5) is 11.5. The molecular formula is C17H28N2O3. The number of aliphatic hydroxyl groups is 1. The van der Waals surface area contributed by atoms with E-state index in [0.717, 1.165) is 12.0 Å². The van der Waals surface area contributed by atoms with Crippen LogP contribution in [0.5, 0.6) is 0 Å². The first kappa shape index (κ1) is 18.5. The second-order valence-electron chi connectivity index (χ2n) is 6.57. The van der Waals surface area contributed by atoms with Crippen molar-refractivity contribution in [3.8, 4) is 0 Å². The number of benzene rings is 1. The molecular weight excluding hydrogens is 280 g/mol. The van der Waals surface area contributed by atoms with Crippen molar-refractivity contribution in [3.05, 3.63) is 35.9 Å². The molecule has 1 unspecified atom stereocenters.